The molecule has 4 nitrogen and oxygen atoms in total. The molecule has 1 aromatic carbocycles. The lowest BCUT2D eigenvalue weighted by Gasteiger charge is -2.12. The maximum atomic E-state index is 12.2. The van der Waals surface area contributed by atoms with Gasteiger partial charge in [-0.3, -0.25) is 14.2 Å². The minimum absolute atomic E-state index is 0.0798. The van der Waals surface area contributed by atoms with E-state index in [4.69, 9.17) is 4.74 Å². The topological polar surface area (TPSA) is 48.3 Å². The van der Waals surface area contributed by atoms with E-state index >= 15 is 0 Å². The molecular weight excluding hydrogens is 254 g/mol. The van der Waals surface area contributed by atoms with Crippen molar-refractivity contribution in [2.24, 2.45) is 0 Å². The van der Waals surface area contributed by atoms with E-state index in [1.165, 1.54) is 0 Å². The summed E-state index contributed by atoms with van der Waals surface area (Å²) in [5, 5.41) is 0. The molecule has 104 valence electrons. The molecule has 0 aliphatic heterocycles. The minimum Gasteiger partial charge on any atom is -0.466 e. The Morgan fingerprint density at radius 3 is 2.70 bits per heavy atom. The van der Waals surface area contributed by atoms with Crippen LogP contribution in [0.4, 0.5) is 0 Å². The first kappa shape index (κ1) is 14.1. The number of aryl methyl sites for hydroxylation is 1. The van der Waals surface area contributed by atoms with Crippen LogP contribution in [0.25, 0.3) is 5.69 Å². The lowest BCUT2D eigenvalue weighted by atomic mass is 10.1. The monoisotopic (exact) mass is 271 g/mol. The van der Waals surface area contributed by atoms with E-state index in [0.717, 1.165) is 5.56 Å². The summed E-state index contributed by atoms with van der Waals surface area (Å²) in [5.41, 5.74) is 2.08. The van der Waals surface area contributed by atoms with Gasteiger partial charge < -0.3 is 4.74 Å². The third-order valence-corrected chi connectivity index (χ3v) is 3.03. The summed E-state index contributed by atoms with van der Waals surface area (Å²) in [4.78, 5) is 23.8. The van der Waals surface area contributed by atoms with E-state index in [1.807, 2.05) is 30.3 Å². The highest BCUT2D eigenvalue weighted by Gasteiger charge is 2.11. The predicted molar refractivity (Wildman–Crippen MR) is 77.1 cm³/mol. The molecule has 0 spiro atoms. The second kappa shape index (κ2) is 6.19. The van der Waals surface area contributed by atoms with Crippen molar-refractivity contribution in [2.75, 3.05) is 6.61 Å². The van der Waals surface area contributed by atoms with Crippen molar-refractivity contribution in [1.82, 2.24) is 4.57 Å². The number of pyridine rings is 1. The van der Waals surface area contributed by atoms with Gasteiger partial charge in [-0.1, -0.05) is 24.3 Å². The molecule has 0 fully saturated rings. The number of nitrogens with zero attached hydrogens (tertiary/aromatic N) is 1. The average Bonchev–Trinajstić information content (AvgIpc) is 2.43. The van der Waals surface area contributed by atoms with Crippen LogP contribution in [0.3, 0.4) is 0 Å². The molecule has 1 heterocycles. The average molecular weight is 271 g/mol. The van der Waals surface area contributed by atoms with Crippen LogP contribution in [0.2, 0.25) is 0 Å². The van der Waals surface area contributed by atoms with Crippen molar-refractivity contribution in [3.8, 4) is 5.69 Å². The molecule has 0 aliphatic carbocycles. The van der Waals surface area contributed by atoms with Gasteiger partial charge in [-0.15, -0.1) is 0 Å². The van der Waals surface area contributed by atoms with Crippen molar-refractivity contribution in [1.29, 1.82) is 0 Å². The molecule has 0 saturated heterocycles. The molecule has 0 unspecified atom stereocenters. The first-order chi connectivity index (χ1) is 9.63. The molecule has 0 N–H and O–H groups in total. The third-order valence-electron chi connectivity index (χ3n) is 3.03. The molecule has 1 aromatic heterocycles. The van der Waals surface area contributed by atoms with Crippen molar-refractivity contribution < 1.29 is 9.53 Å². The number of rotatable bonds is 4. The van der Waals surface area contributed by atoms with Gasteiger partial charge in [0.05, 0.1) is 18.7 Å². The molecule has 0 bridgehead atoms. The molecular formula is C16H17NO3. The van der Waals surface area contributed by atoms with Gasteiger partial charge in [0.15, 0.2) is 0 Å². The largest absolute Gasteiger partial charge is 0.466 e. The number of carbonyl (C=O) groups is 1. The third kappa shape index (κ3) is 2.96. The Morgan fingerprint density at radius 2 is 1.95 bits per heavy atom. The highest BCUT2D eigenvalue weighted by atomic mass is 16.5. The van der Waals surface area contributed by atoms with Gasteiger partial charge in [-0.05, 0) is 31.5 Å². The van der Waals surface area contributed by atoms with Crippen LogP contribution in [-0.4, -0.2) is 17.1 Å². The zero-order valence-electron chi connectivity index (χ0n) is 11.6. The number of carbonyl (C=O) groups excluding carboxylic acids is 1. The van der Waals surface area contributed by atoms with Crippen LogP contribution in [0.1, 0.15) is 18.1 Å². The number of aromatic nitrogens is 1. The maximum absolute atomic E-state index is 12.2. The summed E-state index contributed by atoms with van der Waals surface area (Å²) >= 11 is 0. The zero-order chi connectivity index (χ0) is 14.5. The number of hydrogen-bond donors (Lipinski definition) is 0. The number of esters is 1. The first-order valence-corrected chi connectivity index (χ1v) is 6.55. The normalized spacial score (nSPS) is 10.3. The van der Waals surface area contributed by atoms with E-state index in [0.29, 0.717) is 17.9 Å². The van der Waals surface area contributed by atoms with E-state index in [-0.39, 0.29) is 17.9 Å². The van der Waals surface area contributed by atoms with Crippen LogP contribution in [0, 0.1) is 6.92 Å². The van der Waals surface area contributed by atoms with Crippen molar-refractivity contribution in [2.45, 2.75) is 20.3 Å². The molecule has 0 amide bonds. The SMILES string of the molecule is CCOC(=O)Cc1ccccc1-n1cccc(C)c1=O. The van der Waals surface area contributed by atoms with E-state index in [2.05, 4.69) is 0 Å². The van der Waals surface area contributed by atoms with Crippen LogP contribution in [-0.2, 0) is 16.0 Å². The van der Waals surface area contributed by atoms with Crippen LogP contribution < -0.4 is 5.56 Å². The minimum atomic E-state index is -0.291. The summed E-state index contributed by atoms with van der Waals surface area (Å²) in [5.74, 6) is -0.291. The highest BCUT2D eigenvalue weighted by Crippen LogP contribution is 2.14. The molecule has 0 saturated carbocycles. The zero-order valence-corrected chi connectivity index (χ0v) is 11.6. The Labute approximate surface area is 117 Å². The summed E-state index contributed by atoms with van der Waals surface area (Å²) in [6.45, 7) is 3.90. The fourth-order valence-corrected chi connectivity index (χ4v) is 2.05. The van der Waals surface area contributed by atoms with Crippen LogP contribution >= 0.6 is 0 Å². The Hall–Kier alpha value is -2.36. The van der Waals surface area contributed by atoms with Gasteiger partial charge in [0, 0.05) is 11.8 Å². The first-order valence-electron chi connectivity index (χ1n) is 6.55. The molecule has 20 heavy (non-hydrogen) atoms. The van der Waals surface area contributed by atoms with Gasteiger partial charge >= 0.3 is 5.97 Å². The van der Waals surface area contributed by atoms with Gasteiger partial charge in [0.25, 0.3) is 5.56 Å². The number of hydrogen-bond acceptors (Lipinski definition) is 3. The van der Waals surface area contributed by atoms with Gasteiger partial charge in [0.2, 0.25) is 0 Å². The van der Waals surface area contributed by atoms with E-state index in [1.54, 1.807) is 30.7 Å². The van der Waals surface area contributed by atoms with E-state index in [9.17, 15) is 9.59 Å². The summed E-state index contributed by atoms with van der Waals surface area (Å²) in [7, 11) is 0. The smallest absolute Gasteiger partial charge is 0.310 e. The highest BCUT2D eigenvalue weighted by molar-refractivity contribution is 5.74. The Morgan fingerprint density at radius 1 is 1.20 bits per heavy atom. The van der Waals surface area contributed by atoms with Gasteiger partial charge in [-0.2, -0.15) is 0 Å². The lowest BCUT2D eigenvalue weighted by molar-refractivity contribution is -0.142. The van der Waals surface area contributed by atoms with Crippen molar-refractivity contribution >= 4 is 5.97 Å². The molecule has 2 aromatic rings. The fourth-order valence-electron chi connectivity index (χ4n) is 2.05. The Balaban J connectivity index is 2.45. The van der Waals surface area contributed by atoms with Gasteiger partial charge in [0.1, 0.15) is 0 Å². The second-order valence-corrected chi connectivity index (χ2v) is 4.48. The number of benzene rings is 1. The Bertz CT molecular complexity index is 673. The fraction of sp³-hybridized carbons (Fsp3) is 0.250. The number of ether oxygens (including phenoxy) is 1. The van der Waals surface area contributed by atoms with Crippen LogP contribution in [0.5, 0.6) is 0 Å². The summed E-state index contributed by atoms with van der Waals surface area (Å²) in [6.07, 6.45) is 1.86. The standard InChI is InChI=1S/C16H17NO3/c1-3-20-15(18)11-13-8-4-5-9-14(13)17-10-6-7-12(2)16(17)19/h4-10H,3,11H2,1-2H3. The molecule has 0 aliphatic rings. The molecule has 2 rings (SSSR count). The van der Waals surface area contributed by atoms with Gasteiger partial charge in [-0.25, -0.2) is 0 Å². The number of para-hydroxylation sites is 1. The summed E-state index contributed by atoms with van der Waals surface area (Å²) in [6, 6.07) is 10.9. The maximum Gasteiger partial charge on any atom is 0.310 e. The second-order valence-electron chi connectivity index (χ2n) is 4.48. The lowest BCUT2D eigenvalue weighted by Crippen LogP contribution is -2.21. The molecule has 0 radical (unpaired) electrons. The summed E-state index contributed by atoms with van der Waals surface area (Å²) < 4.78 is 6.52. The van der Waals surface area contributed by atoms with E-state index < -0.39 is 0 Å². The molecule has 0 atom stereocenters. The van der Waals surface area contributed by atoms with Crippen molar-refractivity contribution in [3.05, 3.63) is 64.1 Å². The molecule has 4 heteroatoms. The van der Waals surface area contributed by atoms with Crippen LogP contribution in [0.15, 0.2) is 47.4 Å². The Kier molecular flexibility index (Phi) is 4.35. The predicted octanol–water partition coefficient (Wildman–Crippen LogP) is 2.25. The quantitative estimate of drug-likeness (QED) is 0.801. The van der Waals surface area contributed by atoms with Crippen molar-refractivity contribution in [3.63, 3.8) is 0 Å².